The third kappa shape index (κ3) is 6.74. The molecule has 0 spiro atoms. The number of pyridine rings is 1. The van der Waals surface area contributed by atoms with Crippen LogP contribution in [0.25, 0.3) is 22.6 Å². The van der Waals surface area contributed by atoms with E-state index >= 15 is 0 Å². The van der Waals surface area contributed by atoms with Crippen LogP contribution in [0, 0.1) is 0 Å². The number of rotatable bonds is 12. The van der Waals surface area contributed by atoms with Crippen molar-refractivity contribution in [2.75, 3.05) is 12.4 Å². The molecule has 13 heteroatoms. The van der Waals surface area contributed by atoms with Gasteiger partial charge in [0.2, 0.25) is 5.88 Å². The first-order valence-electron chi connectivity index (χ1n) is 14.2. The standard InChI is InChI=1S/C31H36N4O7SSi/c1-5-43(39,40)23-11-9-22(10-12-23)42-28-17-25-26(16-21(28)19-34-29(37)18-27(36)31(34)38)35(20-41-14-15-44(2,3)4)30(33-25)24-8-6-7-13-32-24/h6-13,16-18,36-38H,5,14-15,19-20H2,1-4H3. The molecule has 232 valence electrons. The molecule has 5 rings (SSSR count). The van der Waals surface area contributed by atoms with Crippen LogP contribution in [0.5, 0.6) is 29.0 Å². The van der Waals surface area contributed by atoms with Gasteiger partial charge in [0.25, 0.3) is 0 Å². The Kier molecular flexibility index (Phi) is 8.73. The van der Waals surface area contributed by atoms with Crippen molar-refractivity contribution < 1.29 is 33.2 Å². The molecule has 0 radical (unpaired) electrons. The molecule has 0 amide bonds. The van der Waals surface area contributed by atoms with Gasteiger partial charge in [0.1, 0.15) is 23.9 Å². The van der Waals surface area contributed by atoms with E-state index in [1.54, 1.807) is 31.3 Å². The van der Waals surface area contributed by atoms with Crippen LogP contribution in [0.3, 0.4) is 0 Å². The van der Waals surface area contributed by atoms with Gasteiger partial charge in [0, 0.05) is 38.6 Å². The zero-order chi connectivity index (χ0) is 31.6. The summed E-state index contributed by atoms with van der Waals surface area (Å²) < 4.78 is 40.0. The van der Waals surface area contributed by atoms with Gasteiger partial charge in [-0.1, -0.05) is 32.6 Å². The van der Waals surface area contributed by atoms with Crippen molar-refractivity contribution in [2.24, 2.45) is 0 Å². The molecule has 0 aliphatic carbocycles. The lowest BCUT2D eigenvalue weighted by molar-refractivity contribution is 0.0909. The minimum Gasteiger partial charge on any atom is -0.503 e. The molecule has 3 heterocycles. The predicted octanol–water partition coefficient (Wildman–Crippen LogP) is 5.96. The van der Waals surface area contributed by atoms with Crippen LogP contribution < -0.4 is 4.74 Å². The van der Waals surface area contributed by atoms with E-state index in [-0.39, 0.29) is 29.8 Å². The number of hydrogen-bond acceptors (Lipinski definition) is 9. The van der Waals surface area contributed by atoms with E-state index < -0.39 is 29.5 Å². The summed E-state index contributed by atoms with van der Waals surface area (Å²) in [4.78, 5) is 9.57. The fraction of sp³-hybridized carbons (Fsp3) is 0.290. The smallest absolute Gasteiger partial charge is 0.237 e. The topological polar surface area (TPSA) is 149 Å². The highest BCUT2D eigenvalue weighted by atomic mass is 32.2. The second-order valence-corrected chi connectivity index (χ2v) is 19.5. The molecule has 0 saturated heterocycles. The molecule has 0 atom stereocenters. The third-order valence-electron chi connectivity index (χ3n) is 7.19. The van der Waals surface area contributed by atoms with Gasteiger partial charge >= 0.3 is 0 Å². The number of aromatic hydroxyl groups is 3. The van der Waals surface area contributed by atoms with E-state index in [4.69, 9.17) is 14.5 Å². The summed E-state index contributed by atoms with van der Waals surface area (Å²) in [6.07, 6.45) is 1.69. The summed E-state index contributed by atoms with van der Waals surface area (Å²) in [5.41, 5.74) is 2.49. The average molecular weight is 637 g/mol. The summed E-state index contributed by atoms with van der Waals surface area (Å²) in [7, 11) is -4.70. The van der Waals surface area contributed by atoms with Crippen molar-refractivity contribution in [3.63, 3.8) is 0 Å². The second-order valence-electron chi connectivity index (χ2n) is 11.6. The number of aromatic nitrogens is 4. The SMILES string of the molecule is CCS(=O)(=O)c1ccc(Oc2cc3nc(-c4ccccn4)n(COCC[Si](C)(C)C)c3cc2Cn2c(O)cc(O)c2O)cc1. The van der Waals surface area contributed by atoms with Crippen molar-refractivity contribution in [3.8, 4) is 40.5 Å². The van der Waals surface area contributed by atoms with Crippen LogP contribution in [0.15, 0.2) is 71.8 Å². The lowest BCUT2D eigenvalue weighted by Gasteiger charge is -2.17. The number of hydrogen-bond donors (Lipinski definition) is 3. The van der Waals surface area contributed by atoms with Crippen molar-refractivity contribution in [1.29, 1.82) is 0 Å². The number of fused-ring (bicyclic) bond motifs is 1. The minimum absolute atomic E-state index is 0.0200. The fourth-order valence-electron chi connectivity index (χ4n) is 4.62. The first-order chi connectivity index (χ1) is 20.9. The molecule has 0 bridgehead atoms. The monoisotopic (exact) mass is 636 g/mol. The first-order valence-corrected chi connectivity index (χ1v) is 19.6. The van der Waals surface area contributed by atoms with Crippen molar-refractivity contribution in [1.82, 2.24) is 19.1 Å². The summed E-state index contributed by atoms with van der Waals surface area (Å²) in [6.45, 7) is 9.20. The first kappa shape index (κ1) is 31.1. The highest BCUT2D eigenvalue weighted by molar-refractivity contribution is 7.91. The van der Waals surface area contributed by atoms with Crippen LogP contribution in [0.1, 0.15) is 12.5 Å². The Labute approximate surface area is 256 Å². The molecule has 2 aromatic carbocycles. The summed E-state index contributed by atoms with van der Waals surface area (Å²) in [5.74, 6) is 0.00845. The Morgan fingerprint density at radius 1 is 0.955 bits per heavy atom. The van der Waals surface area contributed by atoms with Crippen molar-refractivity contribution >= 4 is 28.9 Å². The van der Waals surface area contributed by atoms with E-state index in [1.165, 1.54) is 12.1 Å². The van der Waals surface area contributed by atoms with E-state index in [9.17, 15) is 23.7 Å². The Balaban J connectivity index is 1.61. The summed E-state index contributed by atoms with van der Waals surface area (Å²) in [5, 5.41) is 30.8. The molecular weight excluding hydrogens is 601 g/mol. The molecule has 3 aromatic heterocycles. The lowest BCUT2D eigenvalue weighted by atomic mass is 10.1. The van der Waals surface area contributed by atoms with Crippen LogP contribution in [0.4, 0.5) is 0 Å². The van der Waals surface area contributed by atoms with Gasteiger partial charge in [-0.15, -0.1) is 0 Å². The second kappa shape index (κ2) is 12.3. The summed E-state index contributed by atoms with van der Waals surface area (Å²) >= 11 is 0. The number of nitrogens with zero attached hydrogens (tertiary/aromatic N) is 4. The third-order valence-corrected chi connectivity index (χ3v) is 10.6. The molecule has 0 aliphatic heterocycles. The number of imidazole rings is 1. The van der Waals surface area contributed by atoms with Crippen LogP contribution >= 0.6 is 0 Å². The molecule has 0 fully saturated rings. The van der Waals surface area contributed by atoms with E-state index in [1.807, 2.05) is 28.8 Å². The molecule has 44 heavy (non-hydrogen) atoms. The average Bonchev–Trinajstić information content (AvgIpc) is 3.46. The molecule has 11 nitrogen and oxygen atoms in total. The van der Waals surface area contributed by atoms with Crippen molar-refractivity contribution in [3.05, 3.63) is 72.4 Å². The van der Waals surface area contributed by atoms with Crippen LogP contribution in [-0.2, 0) is 27.8 Å². The maximum atomic E-state index is 12.3. The van der Waals surface area contributed by atoms with E-state index in [0.29, 0.717) is 46.2 Å². The van der Waals surface area contributed by atoms with Crippen LogP contribution in [0.2, 0.25) is 25.7 Å². The van der Waals surface area contributed by atoms with Gasteiger partial charge in [-0.2, -0.15) is 0 Å². The van der Waals surface area contributed by atoms with Gasteiger partial charge in [-0.3, -0.25) is 14.1 Å². The van der Waals surface area contributed by atoms with Gasteiger partial charge in [-0.25, -0.2) is 13.4 Å². The molecule has 0 aliphatic rings. The van der Waals surface area contributed by atoms with E-state index in [2.05, 4.69) is 24.6 Å². The fourth-order valence-corrected chi connectivity index (χ4v) is 6.26. The maximum Gasteiger partial charge on any atom is 0.237 e. The zero-order valence-corrected chi connectivity index (χ0v) is 26.9. The quantitative estimate of drug-likeness (QED) is 0.111. The van der Waals surface area contributed by atoms with Gasteiger partial charge in [0.05, 0.1) is 28.2 Å². The van der Waals surface area contributed by atoms with Crippen LogP contribution in [-0.4, -0.2) is 63.3 Å². The molecule has 3 N–H and O–H groups in total. The molecule has 0 saturated carbocycles. The Hall–Kier alpha value is -4.33. The minimum atomic E-state index is -3.39. The number of ether oxygens (including phenoxy) is 2. The highest BCUT2D eigenvalue weighted by Crippen LogP contribution is 2.38. The molecular formula is C31H36N4O7SSi. The predicted molar refractivity (Wildman–Crippen MR) is 170 cm³/mol. The summed E-state index contributed by atoms with van der Waals surface area (Å²) in [6, 6.07) is 17.3. The molecule has 5 aromatic rings. The highest BCUT2D eigenvalue weighted by Gasteiger charge is 2.21. The van der Waals surface area contributed by atoms with E-state index in [0.717, 1.165) is 16.7 Å². The normalized spacial score (nSPS) is 12.2. The van der Waals surface area contributed by atoms with Gasteiger partial charge in [-0.05, 0) is 48.5 Å². The number of benzene rings is 2. The zero-order valence-electron chi connectivity index (χ0n) is 25.1. The lowest BCUT2D eigenvalue weighted by Crippen LogP contribution is -2.22. The Bertz CT molecular complexity index is 1880. The Morgan fingerprint density at radius 2 is 1.70 bits per heavy atom. The number of sulfone groups is 1. The van der Waals surface area contributed by atoms with Crippen molar-refractivity contribution in [2.45, 2.75) is 50.8 Å². The maximum absolute atomic E-state index is 12.3. The largest absolute Gasteiger partial charge is 0.503 e. The van der Waals surface area contributed by atoms with Gasteiger partial charge < -0.3 is 24.8 Å². The molecule has 0 unspecified atom stereocenters. The Morgan fingerprint density at radius 3 is 2.32 bits per heavy atom. The van der Waals surface area contributed by atoms with Gasteiger partial charge in [0.15, 0.2) is 27.3 Å².